The van der Waals surface area contributed by atoms with Gasteiger partial charge in [0.2, 0.25) is 0 Å². The molecule has 0 saturated heterocycles. The third-order valence-electron chi connectivity index (χ3n) is 3.76. The fraction of sp³-hybridized carbons (Fsp3) is 0.250. The van der Waals surface area contributed by atoms with Crippen LogP contribution in [0.1, 0.15) is 23.1 Å². The van der Waals surface area contributed by atoms with E-state index in [1.807, 2.05) is 30.3 Å². The molecule has 1 aliphatic carbocycles. The van der Waals surface area contributed by atoms with Crippen LogP contribution in [0.3, 0.4) is 0 Å². The Balaban J connectivity index is 2.25. The van der Waals surface area contributed by atoms with E-state index in [2.05, 4.69) is 4.98 Å². The Kier molecular flexibility index (Phi) is 3.03. The van der Waals surface area contributed by atoms with Crippen LogP contribution in [0.5, 0.6) is 5.75 Å². The molecule has 0 atom stereocenters. The zero-order valence-corrected chi connectivity index (χ0v) is 11.2. The molecular weight excluding hydrogens is 252 g/mol. The van der Waals surface area contributed by atoms with Gasteiger partial charge in [0, 0.05) is 5.56 Å². The van der Waals surface area contributed by atoms with Crippen LogP contribution in [0, 0.1) is 11.3 Å². The van der Waals surface area contributed by atoms with Crippen molar-refractivity contribution in [3.8, 4) is 23.1 Å². The van der Waals surface area contributed by atoms with Gasteiger partial charge in [0.1, 0.15) is 17.4 Å². The summed E-state index contributed by atoms with van der Waals surface area (Å²) in [4.78, 5) is 14.9. The summed E-state index contributed by atoms with van der Waals surface area (Å²) in [7, 11) is 1.62. The molecule has 1 aromatic heterocycles. The summed E-state index contributed by atoms with van der Waals surface area (Å²) in [6, 6.07) is 9.63. The van der Waals surface area contributed by atoms with Gasteiger partial charge in [-0.2, -0.15) is 5.26 Å². The van der Waals surface area contributed by atoms with Crippen molar-refractivity contribution < 1.29 is 4.74 Å². The molecule has 3 rings (SSSR count). The van der Waals surface area contributed by atoms with Gasteiger partial charge in [-0.3, -0.25) is 4.79 Å². The van der Waals surface area contributed by atoms with Gasteiger partial charge in [-0.1, -0.05) is 12.1 Å². The largest absolute Gasteiger partial charge is 0.497 e. The molecule has 4 heteroatoms. The molecule has 1 aliphatic rings. The molecule has 0 unspecified atom stereocenters. The van der Waals surface area contributed by atoms with E-state index in [0.717, 1.165) is 47.4 Å². The molecule has 4 nitrogen and oxygen atoms in total. The second kappa shape index (κ2) is 4.86. The first-order valence-corrected chi connectivity index (χ1v) is 6.57. The van der Waals surface area contributed by atoms with Gasteiger partial charge < -0.3 is 9.72 Å². The van der Waals surface area contributed by atoms with Crippen molar-refractivity contribution in [1.29, 1.82) is 5.26 Å². The first-order chi connectivity index (χ1) is 9.74. The fourth-order valence-electron chi connectivity index (χ4n) is 2.83. The van der Waals surface area contributed by atoms with Crippen molar-refractivity contribution in [2.24, 2.45) is 0 Å². The van der Waals surface area contributed by atoms with Crippen molar-refractivity contribution >= 4 is 0 Å². The van der Waals surface area contributed by atoms with Crippen molar-refractivity contribution in [2.45, 2.75) is 19.3 Å². The summed E-state index contributed by atoms with van der Waals surface area (Å²) in [6.45, 7) is 0. The zero-order valence-electron chi connectivity index (χ0n) is 11.2. The van der Waals surface area contributed by atoms with Crippen molar-refractivity contribution in [1.82, 2.24) is 4.98 Å². The number of benzene rings is 1. The fourth-order valence-corrected chi connectivity index (χ4v) is 2.83. The summed E-state index contributed by atoms with van der Waals surface area (Å²) < 4.78 is 5.23. The van der Waals surface area contributed by atoms with Crippen LogP contribution in [0.25, 0.3) is 11.3 Å². The van der Waals surface area contributed by atoms with Gasteiger partial charge in [-0.05, 0) is 42.5 Å². The van der Waals surface area contributed by atoms with Gasteiger partial charge in [0.25, 0.3) is 5.56 Å². The van der Waals surface area contributed by atoms with E-state index in [-0.39, 0.29) is 11.1 Å². The maximum Gasteiger partial charge on any atom is 0.266 e. The van der Waals surface area contributed by atoms with Crippen LogP contribution in [0.4, 0.5) is 0 Å². The van der Waals surface area contributed by atoms with E-state index >= 15 is 0 Å². The number of rotatable bonds is 2. The molecular formula is C16H14N2O2. The third kappa shape index (κ3) is 1.88. The Morgan fingerprint density at radius 1 is 1.30 bits per heavy atom. The number of hydrogen-bond acceptors (Lipinski definition) is 3. The SMILES string of the molecule is COc1cccc(-c2[nH]c(=O)c(C#N)c3c2CCC3)c1. The average Bonchev–Trinajstić information content (AvgIpc) is 2.95. The standard InChI is InChI=1S/C16H14N2O2/c1-20-11-5-2-4-10(8-11)15-13-7-3-6-12(13)14(9-17)16(19)18-15/h2,4-5,8H,3,6-7H2,1H3,(H,18,19). The van der Waals surface area contributed by atoms with E-state index in [0.29, 0.717) is 0 Å². The molecule has 0 saturated carbocycles. The second-order valence-electron chi connectivity index (χ2n) is 4.86. The lowest BCUT2D eigenvalue weighted by Gasteiger charge is -2.10. The van der Waals surface area contributed by atoms with Gasteiger partial charge in [-0.15, -0.1) is 0 Å². The maximum atomic E-state index is 12.0. The number of methoxy groups -OCH3 is 1. The topological polar surface area (TPSA) is 65.9 Å². The average molecular weight is 266 g/mol. The van der Waals surface area contributed by atoms with Crippen LogP contribution in [0.2, 0.25) is 0 Å². The van der Waals surface area contributed by atoms with E-state index in [1.54, 1.807) is 7.11 Å². The van der Waals surface area contributed by atoms with E-state index in [1.165, 1.54) is 0 Å². The number of aromatic amines is 1. The van der Waals surface area contributed by atoms with Crippen molar-refractivity contribution in [3.05, 3.63) is 51.3 Å². The van der Waals surface area contributed by atoms with Gasteiger partial charge in [-0.25, -0.2) is 0 Å². The smallest absolute Gasteiger partial charge is 0.266 e. The minimum absolute atomic E-state index is 0.268. The van der Waals surface area contributed by atoms with E-state index in [9.17, 15) is 4.79 Å². The van der Waals surface area contributed by atoms with Crippen LogP contribution < -0.4 is 10.3 Å². The molecule has 0 aliphatic heterocycles. The van der Waals surface area contributed by atoms with Crippen LogP contribution >= 0.6 is 0 Å². The van der Waals surface area contributed by atoms with Gasteiger partial charge >= 0.3 is 0 Å². The first-order valence-electron chi connectivity index (χ1n) is 6.57. The highest BCUT2D eigenvalue weighted by Crippen LogP contribution is 2.32. The number of nitrogens with zero attached hydrogens (tertiary/aromatic N) is 1. The van der Waals surface area contributed by atoms with Gasteiger partial charge in [0.15, 0.2) is 0 Å². The number of nitriles is 1. The van der Waals surface area contributed by atoms with Crippen LogP contribution in [-0.4, -0.2) is 12.1 Å². The molecule has 1 aromatic carbocycles. The third-order valence-corrected chi connectivity index (χ3v) is 3.76. The lowest BCUT2D eigenvalue weighted by atomic mass is 10.00. The number of pyridine rings is 1. The quantitative estimate of drug-likeness (QED) is 0.907. The normalized spacial score (nSPS) is 12.8. The Hall–Kier alpha value is -2.54. The van der Waals surface area contributed by atoms with E-state index < -0.39 is 0 Å². The molecule has 1 N–H and O–H groups in total. The summed E-state index contributed by atoms with van der Waals surface area (Å²) in [6.07, 6.45) is 2.69. The van der Waals surface area contributed by atoms with Crippen molar-refractivity contribution in [2.75, 3.05) is 7.11 Å². The van der Waals surface area contributed by atoms with E-state index in [4.69, 9.17) is 10.00 Å². The summed E-state index contributed by atoms with van der Waals surface area (Å²) in [5.41, 5.74) is 3.71. The molecule has 0 radical (unpaired) electrons. The Morgan fingerprint density at radius 2 is 2.10 bits per heavy atom. The maximum absolute atomic E-state index is 12.0. The number of fused-ring (bicyclic) bond motifs is 1. The summed E-state index contributed by atoms with van der Waals surface area (Å²) in [5.74, 6) is 0.749. The van der Waals surface area contributed by atoms with Crippen LogP contribution in [-0.2, 0) is 12.8 Å². The monoisotopic (exact) mass is 266 g/mol. The second-order valence-corrected chi connectivity index (χ2v) is 4.86. The lowest BCUT2D eigenvalue weighted by molar-refractivity contribution is 0.415. The predicted molar refractivity (Wildman–Crippen MR) is 75.8 cm³/mol. The molecule has 0 fully saturated rings. The highest BCUT2D eigenvalue weighted by Gasteiger charge is 2.22. The molecule has 0 bridgehead atoms. The molecule has 0 amide bonds. The molecule has 0 spiro atoms. The minimum Gasteiger partial charge on any atom is -0.497 e. The predicted octanol–water partition coefficient (Wildman–Crippen LogP) is 2.41. The number of H-pyrrole nitrogens is 1. The molecule has 20 heavy (non-hydrogen) atoms. The number of aromatic nitrogens is 1. The number of ether oxygens (including phenoxy) is 1. The Bertz CT molecular complexity index is 769. The van der Waals surface area contributed by atoms with Gasteiger partial charge in [0.05, 0.1) is 12.8 Å². The Morgan fingerprint density at radius 3 is 2.85 bits per heavy atom. The summed E-state index contributed by atoms with van der Waals surface area (Å²) >= 11 is 0. The first kappa shape index (κ1) is 12.5. The summed E-state index contributed by atoms with van der Waals surface area (Å²) in [5, 5.41) is 9.14. The van der Waals surface area contributed by atoms with Crippen molar-refractivity contribution in [3.63, 3.8) is 0 Å². The van der Waals surface area contributed by atoms with Crippen LogP contribution in [0.15, 0.2) is 29.1 Å². The Labute approximate surface area is 116 Å². The minimum atomic E-state index is -0.300. The number of nitrogens with one attached hydrogen (secondary N) is 1. The number of hydrogen-bond donors (Lipinski definition) is 1. The molecule has 100 valence electrons. The molecule has 1 heterocycles. The lowest BCUT2D eigenvalue weighted by Crippen LogP contribution is -2.15. The highest BCUT2D eigenvalue weighted by molar-refractivity contribution is 5.68. The zero-order chi connectivity index (χ0) is 14.1. The molecule has 2 aromatic rings. The highest BCUT2D eigenvalue weighted by atomic mass is 16.5.